The van der Waals surface area contributed by atoms with Gasteiger partial charge in [0.2, 0.25) is 0 Å². The molecule has 0 atom stereocenters. The zero-order chi connectivity index (χ0) is 17.4. The Bertz CT molecular complexity index is 656. The molecular weight excluding hydrogens is 328 g/mol. The molecule has 0 bridgehead atoms. The van der Waals surface area contributed by atoms with E-state index in [-0.39, 0.29) is 5.82 Å². The van der Waals surface area contributed by atoms with E-state index in [1.165, 1.54) is 10.9 Å². The molecule has 2 rings (SSSR count). The molecule has 130 valence electrons. The molecule has 0 saturated carbocycles. The number of halogens is 2. The maximum Gasteiger partial charge on any atom is 0.193 e. The normalized spacial score (nSPS) is 11.6. The number of hydrogen-bond acceptors (Lipinski definition) is 2. The summed E-state index contributed by atoms with van der Waals surface area (Å²) in [6, 6.07) is 7.69. The molecule has 1 aromatic heterocycles. The fourth-order valence-corrected chi connectivity index (χ4v) is 3.02. The number of nitrogens with zero attached hydrogens (tertiary/aromatic N) is 2. The lowest BCUT2D eigenvalue weighted by Crippen LogP contribution is -2.40. The Morgan fingerprint density at radius 1 is 1.25 bits per heavy atom. The van der Waals surface area contributed by atoms with Crippen molar-refractivity contribution in [3.05, 3.63) is 57.8 Å². The van der Waals surface area contributed by atoms with E-state index in [9.17, 15) is 8.78 Å². The van der Waals surface area contributed by atoms with Gasteiger partial charge in [0.05, 0.1) is 0 Å². The van der Waals surface area contributed by atoms with Crippen LogP contribution in [0, 0.1) is 11.6 Å². The summed E-state index contributed by atoms with van der Waals surface area (Å²) in [6.45, 7) is 4.03. The van der Waals surface area contributed by atoms with Crippen molar-refractivity contribution in [2.75, 3.05) is 26.7 Å². The molecule has 0 fully saturated rings. The highest BCUT2D eigenvalue weighted by atomic mass is 32.1. The molecule has 1 aromatic carbocycles. The van der Waals surface area contributed by atoms with E-state index < -0.39 is 5.82 Å². The van der Waals surface area contributed by atoms with E-state index >= 15 is 0 Å². The highest BCUT2D eigenvalue weighted by Crippen LogP contribution is 2.11. The summed E-state index contributed by atoms with van der Waals surface area (Å²) in [6.07, 6.45) is 1.33. The molecule has 3 nitrogen and oxygen atoms in total. The minimum absolute atomic E-state index is 0.357. The summed E-state index contributed by atoms with van der Waals surface area (Å²) in [4.78, 5) is 7.92. The van der Waals surface area contributed by atoms with Gasteiger partial charge in [-0.1, -0.05) is 6.07 Å². The minimum atomic E-state index is -0.421. The lowest BCUT2D eigenvalue weighted by Gasteiger charge is -2.21. The largest absolute Gasteiger partial charge is 0.357 e. The quantitative estimate of drug-likeness (QED) is 0.608. The van der Waals surface area contributed by atoms with Gasteiger partial charge in [-0.05, 0) is 55.0 Å². The van der Waals surface area contributed by atoms with Crippen molar-refractivity contribution >= 4 is 17.3 Å². The number of hydrogen-bond donors (Lipinski definition) is 1. The Morgan fingerprint density at radius 2 is 2.08 bits per heavy atom. The molecule has 1 heterocycles. The first-order chi connectivity index (χ1) is 11.6. The van der Waals surface area contributed by atoms with Gasteiger partial charge in [-0.15, -0.1) is 11.3 Å². The summed E-state index contributed by atoms with van der Waals surface area (Å²) in [7, 11) is 1.98. The molecule has 0 spiro atoms. The van der Waals surface area contributed by atoms with Gasteiger partial charge in [0, 0.05) is 31.6 Å². The minimum Gasteiger partial charge on any atom is -0.357 e. The zero-order valence-electron chi connectivity index (χ0n) is 14.1. The van der Waals surface area contributed by atoms with Gasteiger partial charge in [-0.25, -0.2) is 8.78 Å². The van der Waals surface area contributed by atoms with Crippen molar-refractivity contribution in [3.8, 4) is 0 Å². The highest BCUT2D eigenvalue weighted by molar-refractivity contribution is 7.09. The van der Waals surface area contributed by atoms with Gasteiger partial charge in [0.15, 0.2) is 5.96 Å². The Labute approximate surface area is 146 Å². The SMILES string of the molecule is CCNC(=NCCc1cc(F)ccc1F)N(C)CCc1cccs1. The van der Waals surface area contributed by atoms with Crippen LogP contribution in [0.1, 0.15) is 17.4 Å². The third-order valence-electron chi connectivity index (χ3n) is 3.62. The molecular formula is C18H23F2N3S. The number of benzene rings is 1. The molecule has 0 aliphatic heterocycles. The molecule has 0 radical (unpaired) electrons. The van der Waals surface area contributed by atoms with Gasteiger partial charge in [-0.2, -0.15) is 0 Å². The van der Waals surface area contributed by atoms with E-state index in [0.717, 1.165) is 37.6 Å². The summed E-state index contributed by atoms with van der Waals surface area (Å²) >= 11 is 1.74. The summed E-state index contributed by atoms with van der Waals surface area (Å²) in [5, 5.41) is 5.31. The second kappa shape index (κ2) is 9.37. The van der Waals surface area contributed by atoms with Crippen LogP contribution in [0.5, 0.6) is 0 Å². The van der Waals surface area contributed by atoms with Crippen LogP contribution in [-0.4, -0.2) is 37.5 Å². The number of thiophene rings is 1. The van der Waals surface area contributed by atoms with Crippen molar-refractivity contribution in [3.63, 3.8) is 0 Å². The average Bonchev–Trinajstić information content (AvgIpc) is 3.08. The predicted octanol–water partition coefficient (Wildman–Crippen LogP) is 3.71. The second-order valence-electron chi connectivity index (χ2n) is 5.47. The molecule has 0 amide bonds. The van der Waals surface area contributed by atoms with Crippen LogP contribution in [0.3, 0.4) is 0 Å². The topological polar surface area (TPSA) is 27.6 Å². The first-order valence-corrected chi connectivity index (χ1v) is 8.94. The van der Waals surface area contributed by atoms with Crippen LogP contribution in [0.15, 0.2) is 40.7 Å². The van der Waals surface area contributed by atoms with Gasteiger partial charge < -0.3 is 10.2 Å². The lowest BCUT2D eigenvalue weighted by molar-refractivity contribution is 0.486. The van der Waals surface area contributed by atoms with Gasteiger partial charge in [0.1, 0.15) is 11.6 Å². The number of rotatable bonds is 7. The van der Waals surface area contributed by atoms with Gasteiger partial charge >= 0.3 is 0 Å². The maximum atomic E-state index is 13.6. The van der Waals surface area contributed by atoms with Crippen molar-refractivity contribution < 1.29 is 8.78 Å². The fourth-order valence-electron chi connectivity index (χ4n) is 2.33. The Hall–Kier alpha value is -1.95. The Kier molecular flexibility index (Phi) is 7.18. The van der Waals surface area contributed by atoms with Crippen molar-refractivity contribution in [1.29, 1.82) is 0 Å². The zero-order valence-corrected chi connectivity index (χ0v) is 14.9. The van der Waals surface area contributed by atoms with Crippen LogP contribution in [0.25, 0.3) is 0 Å². The first-order valence-electron chi connectivity index (χ1n) is 8.06. The number of likely N-dealkylation sites (N-methyl/N-ethyl adjacent to an activating group) is 1. The molecule has 0 aliphatic rings. The van der Waals surface area contributed by atoms with Crippen LogP contribution in [0.2, 0.25) is 0 Å². The lowest BCUT2D eigenvalue weighted by atomic mass is 10.1. The molecule has 0 saturated heterocycles. The molecule has 24 heavy (non-hydrogen) atoms. The summed E-state index contributed by atoms with van der Waals surface area (Å²) in [5.41, 5.74) is 0.357. The molecule has 0 aliphatic carbocycles. The molecule has 1 N–H and O–H groups in total. The molecule has 0 unspecified atom stereocenters. The van der Waals surface area contributed by atoms with Crippen LogP contribution in [0.4, 0.5) is 8.78 Å². The van der Waals surface area contributed by atoms with Crippen molar-refractivity contribution in [2.24, 2.45) is 4.99 Å². The van der Waals surface area contributed by atoms with Crippen LogP contribution >= 0.6 is 11.3 Å². The average molecular weight is 351 g/mol. The van der Waals surface area contributed by atoms with E-state index in [2.05, 4.69) is 26.7 Å². The predicted molar refractivity (Wildman–Crippen MR) is 96.7 cm³/mol. The smallest absolute Gasteiger partial charge is 0.193 e. The first kappa shape index (κ1) is 18.4. The van der Waals surface area contributed by atoms with Gasteiger partial charge in [0.25, 0.3) is 0 Å². The Balaban J connectivity index is 1.92. The molecule has 6 heteroatoms. The number of nitrogens with one attached hydrogen (secondary N) is 1. The van der Waals surface area contributed by atoms with Gasteiger partial charge in [-0.3, -0.25) is 4.99 Å². The summed E-state index contributed by atoms with van der Waals surface area (Å²) < 4.78 is 26.8. The maximum absolute atomic E-state index is 13.6. The van der Waals surface area contributed by atoms with E-state index in [1.54, 1.807) is 11.3 Å². The van der Waals surface area contributed by atoms with E-state index in [1.807, 2.05) is 20.0 Å². The van der Waals surface area contributed by atoms with E-state index in [0.29, 0.717) is 18.5 Å². The van der Waals surface area contributed by atoms with Crippen molar-refractivity contribution in [1.82, 2.24) is 10.2 Å². The summed E-state index contributed by atoms with van der Waals surface area (Å²) in [5.74, 6) is -0.0242. The second-order valence-corrected chi connectivity index (χ2v) is 6.50. The fraction of sp³-hybridized carbons (Fsp3) is 0.389. The van der Waals surface area contributed by atoms with Crippen molar-refractivity contribution in [2.45, 2.75) is 19.8 Å². The van der Waals surface area contributed by atoms with Crippen LogP contribution < -0.4 is 5.32 Å². The molecule has 2 aromatic rings. The monoisotopic (exact) mass is 351 g/mol. The third-order valence-corrected chi connectivity index (χ3v) is 4.56. The Morgan fingerprint density at radius 3 is 2.79 bits per heavy atom. The number of guanidine groups is 1. The highest BCUT2D eigenvalue weighted by Gasteiger charge is 2.07. The number of aliphatic imine (C=N–C) groups is 1. The standard InChI is InChI=1S/C18H23F2N3S/c1-3-21-18(23(2)11-9-16-5-4-12-24-16)22-10-8-14-13-15(19)6-7-17(14)20/h4-7,12-13H,3,8-11H2,1-2H3,(H,21,22). The van der Waals surface area contributed by atoms with E-state index in [4.69, 9.17) is 0 Å². The third kappa shape index (κ3) is 5.60. The van der Waals surface area contributed by atoms with Crippen LogP contribution in [-0.2, 0) is 12.8 Å².